The smallest absolute Gasteiger partial charge is 0.462 e. The minimum absolute atomic E-state index is 0.103. The van der Waals surface area contributed by atoms with Gasteiger partial charge in [0.1, 0.15) is 19.3 Å². The zero-order valence-corrected chi connectivity index (χ0v) is 59.1. The van der Waals surface area contributed by atoms with E-state index in [1.807, 2.05) is 0 Å². The van der Waals surface area contributed by atoms with Crippen LogP contribution in [0.25, 0.3) is 0 Å². The standard InChI is InChI=1S/C69H134O17P2/c1-9-61(7)47-39-31-22-17-15-13-11-12-14-16-18-23-35-43-51-68(73)85-64(55-79-66(71)49-41-33-27-25-30-38-46-60(5)6)57-83-87(75,76)81-53-63(70)54-82-88(77,78)84-58-65(56-80-67(72)50-42-34-28-26-32-40-48-62(8)10-2)86-69(74)52-44-36-24-20-19-21-29-37-45-59(3)4/h59-65,70H,9-58H2,1-8H3,(H,75,76)(H,77,78)/t61?,62?,63-,64+,65+/m0/s1. The zero-order valence-electron chi connectivity index (χ0n) is 57.3. The van der Waals surface area contributed by atoms with E-state index < -0.39 is 97.5 Å². The van der Waals surface area contributed by atoms with Crippen molar-refractivity contribution in [3.8, 4) is 0 Å². The van der Waals surface area contributed by atoms with Gasteiger partial charge in [0.05, 0.1) is 26.4 Å². The van der Waals surface area contributed by atoms with Crippen LogP contribution in [-0.2, 0) is 65.4 Å². The number of rotatable bonds is 66. The maximum absolute atomic E-state index is 13.0. The van der Waals surface area contributed by atoms with E-state index >= 15 is 0 Å². The summed E-state index contributed by atoms with van der Waals surface area (Å²) in [6.45, 7) is 14.0. The Balaban J connectivity index is 5.21. The molecule has 0 aliphatic carbocycles. The van der Waals surface area contributed by atoms with Gasteiger partial charge in [-0.3, -0.25) is 37.3 Å². The predicted molar refractivity (Wildman–Crippen MR) is 354 cm³/mol. The Morgan fingerprint density at radius 1 is 0.318 bits per heavy atom. The fraction of sp³-hybridized carbons (Fsp3) is 0.942. The van der Waals surface area contributed by atoms with E-state index in [9.17, 15) is 43.2 Å². The summed E-state index contributed by atoms with van der Waals surface area (Å²) < 4.78 is 68.2. The lowest BCUT2D eigenvalue weighted by Gasteiger charge is -2.21. The summed E-state index contributed by atoms with van der Waals surface area (Å²) >= 11 is 0. The molecule has 0 aromatic carbocycles. The number of hydrogen-bond donors (Lipinski definition) is 3. The number of carbonyl (C=O) groups excluding carboxylic acids is 4. The molecule has 4 unspecified atom stereocenters. The Kier molecular flexibility index (Phi) is 57.6. The lowest BCUT2D eigenvalue weighted by molar-refractivity contribution is -0.161. The molecule has 0 aliphatic rings. The summed E-state index contributed by atoms with van der Waals surface area (Å²) in [4.78, 5) is 72.4. The number of esters is 4. The largest absolute Gasteiger partial charge is 0.472 e. The summed E-state index contributed by atoms with van der Waals surface area (Å²) in [6.07, 6.45) is 40.5. The molecule has 0 rings (SSSR count). The Bertz CT molecular complexity index is 1750. The fourth-order valence-corrected chi connectivity index (χ4v) is 11.8. The van der Waals surface area contributed by atoms with Crippen LogP contribution < -0.4 is 0 Å². The van der Waals surface area contributed by atoms with Gasteiger partial charge in [0.15, 0.2) is 12.2 Å². The highest BCUT2D eigenvalue weighted by molar-refractivity contribution is 7.47. The number of aliphatic hydroxyl groups excluding tert-OH is 1. The Morgan fingerprint density at radius 3 is 0.807 bits per heavy atom. The van der Waals surface area contributed by atoms with Gasteiger partial charge >= 0.3 is 39.5 Å². The van der Waals surface area contributed by atoms with Gasteiger partial charge in [-0.2, -0.15) is 0 Å². The highest BCUT2D eigenvalue weighted by Crippen LogP contribution is 2.45. The molecule has 0 spiro atoms. The number of ether oxygens (including phenoxy) is 4. The summed E-state index contributed by atoms with van der Waals surface area (Å²) in [5.74, 6) is 0.839. The van der Waals surface area contributed by atoms with Crippen LogP contribution in [0.4, 0.5) is 0 Å². The summed E-state index contributed by atoms with van der Waals surface area (Å²) in [5, 5.41) is 10.6. The fourth-order valence-electron chi connectivity index (χ4n) is 10.2. The van der Waals surface area contributed by atoms with Gasteiger partial charge in [-0.15, -0.1) is 0 Å². The first-order valence-electron chi connectivity index (χ1n) is 35.8. The molecule has 17 nitrogen and oxygen atoms in total. The first-order valence-corrected chi connectivity index (χ1v) is 38.8. The minimum Gasteiger partial charge on any atom is -0.462 e. The van der Waals surface area contributed by atoms with Gasteiger partial charge in [-0.1, -0.05) is 287 Å². The molecular formula is C69H134O17P2. The first kappa shape index (κ1) is 86.1. The van der Waals surface area contributed by atoms with Crippen LogP contribution in [0.2, 0.25) is 0 Å². The quantitative estimate of drug-likeness (QED) is 0.0222. The zero-order chi connectivity index (χ0) is 65.4. The molecule has 0 aromatic rings. The second kappa shape index (κ2) is 58.8. The monoisotopic (exact) mass is 1300 g/mol. The van der Waals surface area contributed by atoms with Crippen LogP contribution in [0, 0.1) is 23.7 Å². The topological polar surface area (TPSA) is 237 Å². The molecule has 19 heteroatoms. The van der Waals surface area contributed by atoms with E-state index in [0.717, 1.165) is 120 Å². The lowest BCUT2D eigenvalue weighted by Crippen LogP contribution is -2.30. The molecule has 0 heterocycles. The molecule has 0 aliphatic heterocycles. The van der Waals surface area contributed by atoms with Crippen LogP contribution in [-0.4, -0.2) is 96.7 Å². The molecule has 0 radical (unpaired) electrons. The average Bonchev–Trinajstić information content (AvgIpc) is 3.54. The summed E-state index contributed by atoms with van der Waals surface area (Å²) in [7, 11) is -9.90. The maximum atomic E-state index is 13.0. The number of phosphoric ester groups is 2. The molecule has 3 N–H and O–H groups in total. The summed E-state index contributed by atoms with van der Waals surface area (Å²) in [5.41, 5.74) is 0. The maximum Gasteiger partial charge on any atom is 0.472 e. The van der Waals surface area contributed by atoms with Crippen molar-refractivity contribution in [2.24, 2.45) is 23.7 Å². The van der Waals surface area contributed by atoms with Crippen molar-refractivity contribution in [1.82, 2.24) is 0 Å². The van der Waals surface area contributed by atoms with E-state index in [2.05, 4.69) is 55.4 Å². The second-order valence-corrected chi connectivity index (χ2v) is 29.3. The van der Waals surface area contributed by atoms with Gasteiger partial charge in [0.25, 0.3) is 0 Å². The molecular weight excluding hydrogens is 1160 g/mol. The van der Waals surface area contributed by atoms with E-state index in [-0.39, 0.29) is 25.7 Å². The third-order valence-electron chi connectivity index (χ3n) is 16.5. The molecule has 0 aromatic heterocycles. The average molecular weight is 1300 g/mol. The van der Waals surface area contributed by atoms with E-state index in [4.69, 9.17) is 37.0 Å². The Hall–Kier alpha value is -1.94. The van der Waals surface area contributed by atoms with Crippen molar-refractivity contribution in [2.75, 3.05) is 39.6 Å². The molecule has 0 saturated heterocycles. The number of unbranched alkanes of at least 4 members (excludes halogenated alkanes) is 30. The van der Waals surface area contributed by atoms with Crippen molar-refractivity contribution < 1.29 is 80.2 Å². The number of phosphoric acid groups is 2. The lowest BCUT2D eigenvalue weighted by atomic mass is 9.99. The number of aliphatic hydroxyl groups is 1. The predicted octanol–water partition coefficient (Wildman–Crippen LogP) is 19.3. The summed E-state index contributed by atoms with van der Waals surface area (Å²) in [6, 6.07) is 0. The number of hydrogen-bond acceptors (Lipinski definition) is 15. The van der Waals surface area contributed by atoms with Crippen LogP contribution in [0.3, 0.4) is 0 Å². The Morgan fingerprint density at radius 2 is 0.545 bits per heavy atom. The highest BCUT2D eigenvalue weighted by atomic mass is 31.2. The van der Waals surface area contributed by atoms with Gasteiger partial charge in [-0.25, -0.2) is 9.13 Å². The van der Waals surface area contributed by atoms with Crippen molar-refractivity contribution in [3.63, 3.8) is 0 Å². The van der Waals surface area contributed by atoms with Crippen molar-refractivity contribution in [2.45, 2.75) is 356 Å². The minimum atomic E-state index is -4.95. The highest BCUT2D eigenvalue weighted by Gasteiger charge is 2.30. The molecule has 7 atom stereocenters. The molecule has 0 bridgehead atoms. The van der Waals surface area contributed by atoms with Crippen molar-refractivity contribution in [3.05, 3.63) is 0 Å². The molecule has 0 amide bonds. The number of carbonyl (C=O) groups is 4. The molecule has 522 valence electrons. The van der Waals surface area contributed by atoms with Crippen LogP contribution in [0.5, 0.6) is 0 Å². The molecule has 0 fully saturated rings. The van der Waals surface area contributed by atoms with Gasteiger partial charge in [0.2, 0.25) is 0 Å². The van der Waals surface area contributed by atoms with Crippen molar-refractivity contribution >= 4 is 39.5 Å². The van der Waals surface area contributed by atoms with Crippen LogP contribution >= 0.6 is 15.6 Å². The third-order valence-corrected chi connectivity index (χ3v) is 18.4. The van der Waals surface area contributed by atoms with E-state index in [1.54, 1.807) is 0 Å². The van der Waals surface area contributed by atoms with Gasteiger partial charge in [-0.05, 0) is 49.4 Å². The van der Waals surface area contributed by atoms with Crippen LogP contribution in [0.1, 0.15) is 338 Å². The third kappa shape index (κ3) is 60.3. The Labute approximate surface area is 537 Å². The first-order chi connectivity index (χ1) is 42.2. The SMILES string of the molecule is CCC(C)CCCCCCCCCCCCCCCCC(=O)O[C@H](COC(=O)CCCCCCCCC(C)C)COP(=O)(O)OC[C@H](O)COP(=O)(O)OC[C@@H](COC(=O)CCCCCCCCC(C)CC)OC(=O)CCCCCCCCCCC(C)C. The molecule has 88 heavy (non-hydrogen) atoms. The second-order valence-electron chi connectivity index (χ2n) is 26.4. The van der Waals surface area contributed by atoms with E-state index in [0.29, 0.717) is 31.6 Å². The van der Waals surface area contributed by atoms with Gasteiger partial charge in [0, 0.05) is 25.7 Å². The van der Waals surface area contributed by atoms with E-state index in [1.165, 1.54) is 128 Å². The normalized spacial score (nSPS) is 14.9. The van der Waals surface area contributed by atoms with Gasteiger partial charge < -0.3 is 33.8 Å². The molecule has 0 saturated carbocycles. The van der Waals surface area contributed by atoms with Crippen molar-refractivity contribution in [1.29, 1.82) is 0 Å². The van der Waals surface area contributed by atoms with Crippen LogP contribution in [0.15, 0.2) is 0 Å².